The second-order valence-corrected chi connectivity index (χ2v) is 7.67. The summed E-state index contributed by atoms with van der Waals surface area (Å²) in [6.07, 6.45) is 21.7. The molecule has 0 aliphatic rings. The Labute approximate surface area is 228 Å². The first-order valence-corrected chi connectivity index (χ1v) is 11.4. The summed E-state index contributed by atoms with van der Waals surface area (Å²) in [6, 6.07) is -0.902. The van der Waals surface area contributed by atoms with E-state index in [4.69, 9.17) is 0 Å². The summed E-state index contributed by atoms with van der Waals surface area (Å²) in [7, 11) is 0. The minimum Gasteiger partial charge on any atom is -0.550 e. The molecule has 164 valence electrons. The zero-order valence-electron chi connectivity index (χ0n) is 19.9. The molecule has 0 fully saturated rings. The molecule has 0 rings (SSSR count). The van der Waals surface area contributed by atoms with Gasteiger partial charge in [-0.3, -0.25) is 0 Å². The summed E-state index contributed by atoms with van der Waals surface area (Å²) in [6.45, 7) is 2.83. The first-order chi connectivity index (χ1) is 13.6. The van der Waals surface area contributed by atoms with Gasteiger partial charge in [0.05, 0.1) is 5.97 Å². The summed E-state index contributed by atoms with van der Waals surface area (Å²) >= 11 is 0. The molecule has 1 atom stereocenters. The predicted octanol–water partition coefficient (Wildman–Crippen LogP) is -2.73. The van der Waals surface area contributed by atoms with Gasteiger partial charge in [0.15, 0.2) is 0 Å². The Kier molecular flexibility index (Phi) is 32.5. The maximum absolute atomic E-state index is 10.9. The number of allylic oxidation sites excluding steroid dienone is 2. The molecule has 7 heteroatoms. The molecule has 1 N–H and O–H groups in total. The summed E-state index contributed by atoms with van der Waals surface area (Å²) < 4.78 is 0. The van der Waals surface area contributed by atoms with Crippen molar-refractivity contribution in [3.8, 4) is 0 Å². The van der Waals surface area contributed by atoms with Crippen molar-refractivity contribution in [1.82, 2.24) is 5.32 Å². The van der Waals surface area contributed by atoms with Gasteiger partial charge in [-0.05, 0) is 51.5 Å². The van der Waals surface area contributed by atoms with Crippen LogP contribution in [0.5, 0.6) is 0 Å². The van der Waals surface area contributed by atoms with Gasteiger partial charge in [0.2, 0.25) is 0 Å². The largest absolute Gasteiger partial charge is 1.00 e. The van der Waals surface area contributed by atoms with Gasteiger partial charge in [-0.15, -0.1) is 0 Å². The summed E-state index contributed by atoms with van der Waals surface area (Å²) in [5.74, 6) is -2.48. The second kappa shape index (κ2) is 27.7. The molecule has 0 aromatic carbocycles. The van der Waals surface area contributed by atoms with Crippen molar-refractivity contribution in [2.45, 2.75) is 116 Å². The topological polar surface area (TPSA) is 92.3 Å². The fraction of sp³-hybridized carbons (Fsp3) is 0.826. The number of rotatable bonds is 21. The predicted molar refractivity (Wildman–Crippen MR) is 110 cm³/mol. The van der Waals surface area contributed by atoms with Crippen LogP contribution in [-0.4, -0.2) is 24.5 Å². The summed E-state index contributed by atoms with van der Waals surface area (Å²) in [5.41, 5.74) is 0. The van der Waals surface area contributed by atoms with E-state index in [0.29, 0.717) is 6.54 Å². The fourth-order valence-electron chi connectivity index (χ4n) is 3.21. The third-order valence-corrected chi connectivity index (χ3v) is 5.00. The number of nitrogens with one attached hydrogen (secondary N) is 1. The Morgan fingerprint density at radius 3 is 1.70 bits per heavy atom. The molecular formula is C23H41NNa2O4. The van der Waals surface area contributed by atoms with E-state index in [-0.39, 0.29) is 72.0 Å². The molecule has 0 aliphatic heterocycles. The zero-order chi connectivity index (χ0) is 20.9. The van der Waals surface area contributed by atoms with Crippen molar-refractivity contribution in [3.05, 3.63) is 12.2 Å². The molecule has 0 aliphatic carbocycles. The number of carboxylic acids is 2. The van der Waals surface area contributed by atoms with Crippen LogP contribution in [-0.2, 0) is 9.59 Å². The van der Waals surface area contributed by atoms with Crippen LogP contribution in [0.3, 0.4) is 0 Å². The average molecular weight is 442 g/mol. The number of aliphatic carboxylic acids is 2. The first-order valence-electron chi connectivity index (χ1n) is 11.4. The minimum absolute atomic E-state index is 0. The molecule has 0 heterocycles. The van der Waals surface area contributed by atoms with Crippen LogP contribution in [0.15, 0.2) is 12.2 Å². The molecule has 30 heavy (non-hydrogen) atoms. The maximum atomic E-state index is 10.9. The van der Waals surface area contributed by atoms with Crippen LogP contribution in [0.4, 0.5) is 0 Å². The Morgan fingerprint density at radius 1 is 0.767 bits per heavy atom. The Balaban J connectivity index is -0.00000364. The zero-order valence-corrected chi connectivity index (χ0v) is 23.9. The average Bonchev–Trinajstić information content (AvgIpc) is 2.66. The molecule has 0 saturated carbocycles. The van der Waals surface area contributed by atoms with E-state index in [0.717, 1.165) is 19.3 Å². The van der Waals surface area contributed by atoms with Crippen LogP contribution in [0.2, 0.25) is 0 Å². The molecular weight excluding hydrogens is 400 g/mol. The van der Waals surface area contributed by atoms with E-state index < -0.39 is 18.0 Å². The van der Waals surface area contributed by atoms with Crippen molar-refractivity contribution >= 4 is 11.9 Å². The number of carboxylic acid groups (broad SMARTS) is 2. The van der Waals surface area contributed by atoms with Crippen LogP contribution < -0.4 is 74.6 Å². The number of carbonyl (C=O) groups is 2. The second-order valence-electron chi connectivity index (χ2n) is 7.67. The summed E-state index contributed by atoms with van der Waals surface area (Å²) in [4.78, 5) is 21.3. The van der Waals surface area contributed by atoms with Gasteiger partial charge in [-0.1, -0.05) is 76.9 Å². The molecule has 5 nitrogen and oxygen atoms in total. The van der Waals surface area contributed by atoms with E-state index in [2.05, 4.69) is 24.4 Å². The van der Waals surface area contributed by atoms with Gasteiger partial charge in [0.25, 0.3) is 0 Å². The molecule has 0 aromatic heterocycles. The Hall–Kier alpha value is 0.640. The van der Waals surface area contributed by atoms with Gasteiger partial charge in [-0.25, -0.2) is 0 Å². The van der Waals surface area contributed by atoms with Crippen LogP contribution in [0.25, 0.3) is 0 Å². The molecule has 0 bridgehead atoms. The van der Waals surface area contributed by atoms with Gasteiger partial charge < -0.3 is 25.1 Å². The standard InChI is InChI=1S/C23H43NO4.2Na/c1-2-3-4-5-6-7-8-9-10-11-12-13-14-15-16-17-20-24-21(23(27)28)18-19-22(25)26;;/h9-10,21,24H,2-8,11-20H2,1H3,(H,25,26)(H,27,28);;/q;2*+1/p-2. The molecule has 1 unspecified atom stereocenters. The van der Waals surface area contributed by atoms with E-state index in [9.17, 15) is 19.8 Å². The Morgan fingerprint density at radius 2 is 1.23 bits per heavy atom. The Bertz CT molecular complexity index is 420. The van der Waals surface area contributed by atoms with Crippen molar-refractivity contribution in [2.75, 3.05) is 6.54 Å². The van der Waals surface area contributed by atoms with Gasteiger partial charge in [-0.2, -0.15) is 0 Å². The van der Waals surface area contributed by atoms with E-state index >= 15 is 0 Å². The normalized spacial score (nSPS) is 11.6. The molecule has 0 radical (unpaired) electrons. The SMILES string of the molecule is CCCCCCCCC=CCCCCCCCCNC(CCC(=O)[O-])C(=O)[O-].[Na+].[Na+]. The smallest absolute Gasteiger partial charge is 0.550 e. The monoisotopic (exact) mass is 441 g/mol. The number of carbonyl (C=O) groups excluding carboxylic acids is 2. The quantitative estimate of drug-likeness (QED) is 0.119. The first kappa shape index (κ1) is 35.2. The number of hydrogen-bond acceptors (Lipinski definition) is 5. The van der Waals surface area contributed by atoms with E-state index in [1.807, 2.05) is 0 Å². The van der Waals surface area contributed by atoms with Crippen molar-refractivity contribution < 1.29 is 78.9 Å². The number of hydrogen-bond donors (Lipinski definition) is 1. The third kappa shape index (κ3) is 26.7. The maximum Gasteiger partial charge on any atom is 1.00 e. The van der Waals surface area contributed by atoms with Gasteiger partial charge >= 0.3 is 59.1 Å². The van der Waals surface area contributed by atoms with E-state index in [1.54, 1.807) is 0 Å². The fourth-order valence-corrected chi connectivity index (χ4v) is 3.21. The number of unbranched alkanes of at least 4 members (excludes halogenated alkanes) is 12. The molecule has 0 aromatic rings. The minimum atomic E-state index is -1.24. The molecule has 0 saturated heterocycles. The third-order valence-electron chi connectivity index (χ3n) is 5.00. The van der Waals surface area contributed by atoms with Crippen molar-refractivity contribution in [3.63, 3.8) is 0 Å². The molecule has 0 spiro atoms. The molecule has 0 amide bonds. The van der Waals surface area contributed by atoms with E-state index in [1.165, 1.54) is 70.6 Å². The van der Waals surface area contributed by atoms with Gasteiger partial charge in [0.1, 0.15) is 0 Å². The van der Waals surface area contributed by atoms with Gasteiger partial charge in [0, 0.05) is 12.0 Å². The van der Waals surface area contributed by atoms with Crippen LogP contribution in [0, 0.1) is 0 Å². The van der Waals surface area contributed by atoms with Crippen LogP contribution in [0.1, 0.15) is 110 Å². The van der Waals surface area contributed by atoms with Crippen LogP contribution >= 0.6 is 0 Å². The summed E-state index contributed by atoms with van der Waals surface area (Å²) in [5, 5.41) is 24.2. The van der Waals surface area contributed by atoms with Crippen molar-refractivity contribution in [1.29, 1.82) is 0 Å². The van der Waals surface area contributed by atoms with Crippen molar-refractivity contribution in [2.24, 2.45) is 0 Å².